The van der Waals surface area contributed by atoms with Gasteiger partial charge in [0.1, 0.15) is 5.82 Å². The van der Waals surface area contributed by atoms with Crippen molar-refractivity contribution in [1.29, 1.82) is 0 Å². The predicted octanol–water partition coefficient (Wildman–Crippen LogP) is 2.71. The number of hydrogen-bond acceptors (Lipinski definition) is 4. The minimum absolute atomic E-state index is 0.429. The lowest BCUT2D eigenvalue weighted by Crippen LogP contribution is -2.46. The van der Waals surface area contributed by atoms with Gasteiger partial charge in [-0.15, -0.1) is 0 Å². The first kappa shape index (κ1) is 19.2. The van der Waals surface area contributed by atoms with Gasteiger partial charge in [-0.05, 0) is 48.4 Å². The maximum absolute atomic E-state index is 6.06. The summed E-state index contributed by atoms with van der Waals surface area (Å²) in [5.74, 6) is 1.46. The molecule has 144 valence electrons. The number of aryl methyl sites for hydroxylation is 1. The highest BCUT2D eigenvalue weighted by atomic mass is 15.3. The summed E-state index contributed by atoms with van der Waals surface area (Å²) in [7, 11) is 0. The van der Waals surface area contributed by atoms with Crippen molar-refractivity contribution in [3.8, 4) is 0 Å². The van der Waals surface area contributed by atoms with E-state index in [1.165, 1.54) is 5.56 Å². The monoisotopic (exact) mass is 366 g/mol. The fourth-order valence-electron chi connectivity index (χ4n) is 3.26. The molecule has 6 nitrogen and oxygen atoms in total. The molecule has 2 aromatic rings. The first-order chi connectivity index (χ1) is 13.2. The van der Waals surface area contributed by atoms with Crippen LogP contribution in [0.25, 0.3) is 0 Å². The van der Waals surface area contributed by atoms with Gasteiger partial charge in [0, 0.05) is 38.1 Å². The summed E-state index contributed by atoms with van der Waals surface area (Å²) in [6.07, 6.45) is 2.86. The summed E-state index contributed by atoms with van der Waals surface area (Å²) in [5.41, 5.74) is 9.42. The van der Waals surface area contributed by atoms with E-state index < -0.39 is 0 Å². The summed E-state index contributed by atoms with van der Waals surface area (Å²) in [6.45, 7) is 10.2. The molecule has 3 rings (SSSR count). The average Bonchev–Trinajstić information content (AvgIpc) is 2.72. The van der Waals surface area contributed by atoms with Crippen LogP contribution in [0, 0.1) is 0 Å². The summed E-state index contributed by atoms with van der Waals surface area (Å²) < 4.78 is 0. The van der Waals surface area contributed by atoms with Gasteiger partial charge < -0.3 is 20.9 Å². The van der Waals surface area contributed by atoms with Gasteiger partial charge in [0.2, 0.25) is 0 Å². The van der Waals surface area contributed by atoms with Crippen molar-refractivity contribution in [3.63, 3.8) is 0 Å². The Morgan fingerprint density at radius 1 is 1.11 bits per heavy atom. The number of pyridine rings is 1. The van der Waals surface area contributed by atoms with Crippen molar-refractivity contribution in [2.45, 2.75) is 26.8 Å². The van der Waals surface area contributed by atoms with Crippen LogP contribution in [0.1, 0.15) is 25.0 Å². The Kier molecular flexibility index (Phi) is 6.65. The number of aliphatic imine (C=N–C) groups is 1. The third-order valence-corrected chi connectivity index (χ3v) is 4.99. The summed E-state index contributed by atoms with van der Waals surface area (Å²) >= 11 is 0. The van der Waals surface area contributed by atoms with Crippen molar-refractivity contribution >= 4 is 17.5 Å². The number of benzene rings is 1. The zero-order chi connectivity index (χ0) is 19.1. The Hall–Kier alpha value is -2.60. The molecule has 1 saturated heterocycles. The second kappa shape index (κ2) is 9.37. The van der Waals surface area contributed by atoms with Crippen LogP contribution in [0.15, 0.2) is 47.6 Å². The molecular formula is C21H30N6. The molecule has 1 aliphatic rings. The minimum atomic E-state index is 0.429. The van der Waals surface area contributed by atoms with Crippen LogP contribution < -0.4 is 16.0 Å². The number of aromatic nitrogens is 1. The Balaban J connectivity index is 1.59. The zero-order valence-electron chi connectivity index (χ0n) is 16.4. The van der Waals surface area contributed by atoms with Gasteiger partial charge in [0.05, 0.1) is 6.54 Å². The maximum atomic E-state index is 6.06. The number of anilines is 2. The van der Waals surface area contributed by atoms with E-state index in [1.807, 2.05) is 24.4 Å². The Morgan fingerprint density at radius 3 is 2.67 bits per heavy atom. The van der Waals surface area contributed by atoms with Crippen LogP contribution in [0.2, 0.25) is 0 Å². The Bertz CT molecular complexity index is 765. The molecule has 0 saturated carbocycles. The van der Waals surface area contributed by atoms with Crippen molar-refractivity contribution in [2.75, 3.05) is 42.9 Å². The van der Waals surface area contributed by atoms with E-state index in [1.54, 1.807) is 0 Å². The SMILES string of the molecule is CCc1cccc(NC(N)=NCc2ccnc(N3CCN(CC)CC3)c2)c1. The molecule has 0 aliphatic carbocycles. The molecule has 1 aromatic carbocycles. The highest BCUT2D eigenvalue weighted by molar-refractivity contribution is 5.92. The van der Waals surface area contributed by atoms with Gasteiger partial charge in [0.15, 0.2) is 5.96 Å². The van der Waals surface area contributed by atoms with Gasteiger partial charge in [-0.3, -0.25) is 0 Å². The molecular weight excluding hydrogens is 336 g/mol. The van der Waals surface area contributed by atoms with Gasteiger partial charge in [-0.2, -0.15) is 0 Å². The van der Waals surface area contributed by atoms with Crippen LogP contribution in [-0.4, -0.2) is 48.6 Å². The largest absolute Gasteiger partial charge is 0.370 e. The van der Waals surface area contributed by atoms with Gasteiger partial charge in [-0.1, -0.05) is 26.0 Å². The molecule has 1 aliphatic heterocycles. The summed E-state index contributed by atoms with van der Waals surface area (Å²) in [5, 5.41) is 3.17. The molecule has 6 heteroatoms. The van der Waals surface area contributed by atoms with Crippen LogP contribution >= 0.6 is 0 Å². The third-order valence-electron chi connectivity index (χ3n) is 4.99. The van der Waals surface area contributed by atoms with E-state index in [-0.39, 0.29) is 0 Å². The van der Waals surface area contributed by atoms with E-state index in [9.17, 15) is 0 Å². The van der Waals surface area contributed by atoms with E-state index in [0.29, 0.717) is 12.5 Å². The highest BCUT2D eigenvalue weighted by Crippen LogP contribution is 2.16. The van der Waals surface area contributed by atoms with Crippen molar-refractivity contribution in [2.24, 2.45) is 10.7 Å². The van der Waals surface area contributed by atoms with Crippen LogP contribution in [0.5, 0.6) is 0 Å². The van der Waals surface area contributed by atoms with Crippen molar-refractivity contribution < 1.29 is 0 Å². The molecule has 0 radical (unpaired) electrons. The number of nitrogens with one attached hydrogen (secondary N) is 1. The topological polar surface area (TPSA) is 69.8 Å². The standard InChI is InChI=1S/C21H30N6/c1-3-17-6-5-7-19(14-17)25-21(22)24-16-18-8-9-23-20(15-18)27-12-10-26(4-2)11-13-27/h5-9,14-15H,3-4,10-13,16H2,1-2H3,(H3,22,24,25). The highest BCUT2D eigenvalue weighted by Gasteiger charge is 2.16. The molecule has 1 fully saturated rings. The molecule has 1 aromatic heterocycles. The van der Waals surface area contributed by atoms with Gasteiger partial charge >= 0.3 is 0 Å². The number of guanidine groups is 1. The predicted molar refractivity (Wildman–Crippen MR) is 113 cm³/mol. The average molecular weight is 367 g/mol. The lowest BCUT2D eigenvalue weighted by Gasteiger charge is -2.34. The zero-order valence-corrected chi connectivity index (χ0v) is 16.4. The third kappa shape index (κ3) is 5.44. The smallest absolute Gasteiger partial charge is 0.193 e. The number of piperazine rings is 1. The van der Waals surface area contributed by atoms with E-state index >= 15 is 0 Å². The second-order valence-corrected chi connectivity index (χ2v) is 6.82. The summed E-state index contributed by atoms with van der Waals surface area (Å²) in [6, 6.07) is 12.4. The maximum Gasteiger partial charge on any atom is 0.193 e. The molecule has 0 bridgehead atoms. The quantitative estimate of drug-likeness (QED) is 0.608. The van der Waals surface area contributed by atoms with Crippen molar-refractivity contribution in [3.05, 3.63) is 53.7 Å². The van der Waals surface area contributed by atoms with Crippen molar-refractivity contribution in [1.82, 2.24) is 9.88 Å². The molecule has 0 amide bonds. The Labute approximate surface area is 162 Å². The van der Waals surface area contributed by atoms with Crippen LogP contribution in [0.3, 0.4) is 0 Å². The fraction of sp³-hybridized carbons (Fsp3) is 0.429. The van der Waals surface area contributed by atoms with E-state index in [4.69, 9.17) is 5.73 Å². The molecule has 3 N–H and O–H groups in total. The summed E-state index contributed by atoms with van der Waals surface area (Å²) in [4.78, 5) is 13.8. The number of hydrogen-bond donors (Lipinski definition) is 2. The second-order valence-electron chi connectivity index (χ2n) is 6.82. The normalized spacial score (nSPS) is 15.8. The van der Waals surface area contributed by atoms with Gasteiger partial charge in [0.25, 0.3) is 0 Å². The Morgan fingerprint density at radius 2 is 1.93 bits per heavy atom. The van der Waals surface area contributed by atoms with E-state index in [2.05, 4.69) is 57.1 Å². The number of rotatable bonds is 6. The lowest BCUT2D eigenvalue weighted by molar-refractivity contribution is 0.270. The molecule has 27 heavy (non-hydrogen) atoms. The molecule has 0 spiro atoms. The minimum Gasteiger partial charge on any atom is -0.370 e. The number of nitrogens with zero attached hydrogens (tertiary/aromatic N) is 4. The molecule has 0 atom stereocenters. The number of likely N-dealkylation sites (N-methyl/N-ethyl adjacent to an activating group) is 1. The van der Waals surface area contributed by atoms with Gasteiger partial charge in [-0.25, -0.2) is 9.98 Å². The fourth-order valence-corrected chi connectivity index (χ4v) is 3.26. The lowest BCUT2D eigenvalue weighted by atomic mass is 10.1. The van der Waals surface area contributed by atoms with Crippen LogP contribution in [-0.2, 0) is 13.0 Å². The van der Waals surface area contributed by atoms with Crippen LogP contribution in [0.4, 0.5) is 11.5 Å². The van der Waals surface area contributed by atoms with E-state index in [0.717, 1.165) is 56.2 Å². The molecule has 2 heterocycles. The molecule has 0 unspecified atom stereocenters. The first-order valence-corrected chi connectivity index (χ1v) is 9.76. The first-order valence-electron chi connectivity index (χ1n) is 9.76. The number of nitrogens with two attached hydrogens (primary N) is 1.